The number of nitrogens with one attached hydrogen (secondary N) is 3. The third-order valence-corrected chi connectivity index (χ3v) is 6.75. The number of H-pyrrole nitrogens is 1. The standard InChI is InChI=1S/C27H32F3N5O3/c1-25(2,3)38-24(37)34-20(12-17-6-7-22-19(11-17)15-33-35-22)16-32-23(36)13-21(18-5-4-10-31-14-18)26(8-9-26)27(28,29)30/h4-7,10-11,14-15,20-21H,8-9,12-13,16H2,1-3H3,(H,32,36)(H,33,35)(H,34,37)/t20-,21+/m0/s1. The van der Waals surface area contributed by atoms with Gasteiger partial charge in [-0.1, -0.05) is 12.1 Å². The molecule has 2 heterocycles. The van der Waals surface area contributed by atoms with Gasteiger partial charge in [-0.15, -0.1) is 0 Å². The number of hydrogen-bond donors (Lipinski definition) is 3. The van der Waals surface area contributed by atoms with Crippen LogP contribution in [0.3, 0.4) is 0 Å². The summed E-state index contributed by atoms with van der Waals surface area (Å²) in [7, 11) is 0. The number of ether oxygens (including phenoxy) is 1. The molecule has 0 spiro atoms. The van der Waals surface area contributed by atoms with E-state index in [-0.39, 0.29) is 25.8 Å². The van der Waals surface area contributed by atoms with Crippen LogP contribution in [0.1, 0.15) is 57.1 Å². The monoisotopic (exact) mass is 531 g/mol. The lowest BCUT2D eigenvalue weighted by Gasteiger charge is -2.29. The molecule has 204 valence electrons. The molecule has 4 rings (SSSR count). The Hall–Kier alpha value is -3.63. The molecule has 1 aliphatic rings. The quantitative estimate of drug-likeness (QED) is 0.359. The first-order chi connectivity index (χ1) is 17.9. The van der Waals surface area contributed by atoms with Crippen LogP contribution >= 0.6 is 0 Å². The molecule has 0 radical (unpaired) electrons. The molecule has 8 nitrogen and oxygen atoms in total. The lowest BCUT2D eigenvalue weighted by molar-refractivity contribution is -0.194. The Balaban J connectivity index is 1.47. The highest BCUT2D eigenvalue weighted by Gasteiger charge is 2.67. The number of carbonyl (C=O) groups is 2. The number of halogens is 3. The number of pyridine rings is 1. The van der Waals surface area contributed by atoms with Gasteiger partial charge in [-0.2, -0.15) is 18.3 Å². The Bertz CT molecular complexity index is 1270. The molecule has 0 aliphatic heterocycles. The predicted octanol–water partition coefficient (Wildman–Crippen LogP) is 5.03. The van der Waals surface area contributed by atoms with Crippen molar-refractivity contribution in [2.45, 2.75) is 70.2 Å². The van der Waals surface area contributed by atoms with Crippen LogP contribution in [-0.2, 0) is 16.0 Å². The summed E-state index contributed by atoms with van der Waals surface area (Å²) in [5.41, 5.74) is -0.521. The summed E-state index contributed by atoms with van der Waals surface area (Å²) < 4.78 is 47.3. The maximum atomic E-state index is 14.0. The number of aromatic amines is 1. The average Bonchev–Trinajstić information content (AvgIpc) is 3.52. The summed E-state index contributed by atoms with van der Waals surface area (Å²) in [6, 6.07) is 8.26. The molecular weight excluding hydrogens is 499 g/mol. The van der Waals surface area contributed by atoms with E-state index in [2.05, 4.69) is 25.8 Å². The normalized spacial score (nSPS) is 16.5. The van der Waals surface area contributed by atoms with E-state index >= 15 is 0 Å². The van der Waals surface area contributed by atoms with Crippen LogP contribution in [0.25, 0.3) is 10.9 Å². The molecule has 0 unspecified atom stereocenters. The van der Waals surface area contributed by atoms with Crippen molar-refractivity contribution in [3.05, 3.63) is 60.0 Å². The lowest BCUT2D eigenvalue weighted by Crippen LogP contribution is -2.47. The summed E-state index contributed by atoms with van der Waals surface area (Å²) in [4.78, 5) is 29.4. The molecule has 11 heteroatoms. The van der Waals surface area contributed by atoms with Crippen LogP contribution in [-0.4, -0.2) is 51.5 Å². The van der Waals surface area contributed by atoms with Crippen LogP contribution in [0, 0.1) is 5.41 Å². The fraction of sp³-hybridized carbons (Fsp3) is 0.481. The molecule has 0 bridgehead atoms. The second kappa shape index (κ2) is 10.6. The van der Waals surface area contributed by atoms with E-state index in [1.807, 2.05) is 18.2 Å². The Morgan fingerprint density at radius 2 is 1.92 bits per heavy atom. The Morgan fingerprint density at radius 1 is 1.16 bits per heavy atom. The van der Waals surface area contributed by atoms with E-state index < -0.39 is 41.2 Å². The van der Waals surface area contributed by atoms with Gasteiger partial charge in [0.15, 0.2) is 0 Å². The van der Waals surface area contributed by atoms with Gasteiger partial charge < -0.3 is 15.4 Å². The molecule has 1 aliphatic carbocycles. The van der Waals surface area contributed by atoms with Crippen molar-refractivity contribution in [2.75, 3.05) is 6.54 Å². The minimum Gasteiger partial charge on any atom is -0.444 e. The zero-order valence-electron chi connectivity index (χ0n) is 21.6. The largest absolute Gasteiger partial charge is 0.444 e. The second-order valence-corrected chi connectivity index (χ2v) is 10.8. The number of nitrogens with zero attached hydrogens (tertiary/aromatic N) is 2. The van der Waals surface area contributed by atoms with Crippen LogP contribution in [0.4, 0.5) is 18.0 Å². The van der Waals surface area contributed by atoms with Gasteiger partial charge in [-0.25, -0.2) is 4.79 Å². The van der Waals surface area contributed by atoms with Crippen LogP contribution in [0.2, 0.25) is 0 Å². The third kappa shape index (κ3) is 6.62. The number of alkyl carbamates (subject to hydrolysis) is 1. The Kier molecular flexibility index (Phi) is 7.66. The molecule has 3 aromatic rings. The van der Waals surface area contributed by atoms with Gasteiger partial charge in [-0.05, 0) is 69.4 Å². The van der Waals surface area contributed by atoms with Gasteiger partial charge in [0.25, 0.3) is 0 Å². The molecule has 3 N–H and O–H groups in total. The van der Waals surface area contributed by atoms with E-state index in [0.717, 1.165) is 16.5 Å². The SMILES string of the molecule is CC(C)(C)OC(=O)N[C@H](CNC(=O)C[C@H](c1cccnc1)C1(C(F)(F)F)CC1)Cc1ccc2[nH]ncc2c1. The molecule has 0 saturated heterocycles. The maximum absolute atomic E-state index is 14.0. The predicted molar refractivity (Wildman–Crippen MR) is 135 cm³/mol. The molecule has 1 fully saturated rings. The van der Waals surface area contributed by atoms with Crippen molar-refractivity contribution in [1.82, 2.24) is 25.8 Å². The fourth-order valence-corrected chi connectivity index (χ4v) is 4.73. The van der Waals surface area contributed by atoms with Gasteiger partial charge in [0.05, 0.1) is 23.2 Å². The summed E-state index contributed by atoms with van der Waals surface area (Å²) in [6.07, 6.45) is -0.548. The molecule has 2 aromatic heterocycles. The van der Waals surface area contributed by atoms with E-state index in [1.165, 1.54) is 12.4 Å². The zero-order chi connectivity index (χ0) is 27.6. The molecule has 38 heavy (non-hydrogen) atoms. The number of benzene rings is 1. The first-order valence-electron chi connectivity index (χ1n) is 12.5. The van der Waals surface area contributed by atoms with Crippen molar-refractivity contribution < 1.29 is 27.5 Å². The van der Waals surface area contributed by atoms with E-state index in [1.54, 1.807) is 39.1 Å². The maximum Gasteiger partial charge on any atom is 0.407 e. The summed E-state index contributed by atoms with van der Waals surface area (Å²) >= 11 is 0. The van der Waals surface area contributed by atoms with Gasteiger partial charge in [-0.3, -0.25) is 14.9 Å². The lowest BCUT2D eigenvalue weighted by atomic mass is 9.80. The third-order valence-electron chi connectivity index (χ3n) is 6.75. The Labute approximate surface area is 218 Å². The first-order valence-corrected chi connectivity index (χ1v) is 12.5. The number of aromatic nitrogens is 3. The van der Waals surface area contributed by atoms with Crippen molar-refractivity contribution in [3.8, 4) is 0 Å². The van der Waals surface area contributed by atoms with Crippen molar-refractivity contribution in [3.63, 3.8) is 0 Å². The van der Waals surface area contributed by atoms with Crippen molar-refractivity contribution in [2.24, 2.45) is 5.41 Å². The van der Waals surface area contributed by atoms with Crippen LogP contribution in [0.5, 0.6) is 0 Å². The van der Waals surface area contributed by atoms with E-state index in [9.17, 15) is 22.8 Å². The Morgan fingerprint density at radius 3 is 2.55 bits per heavy atom. The summed E-state index contributed by atoms with van der Waals surface area (Å²) in [5.74, 6) is -1.58. The first kappa shape index (κ1) is 27.4. The molecule has 1 aromatic carbocycles. The van der Waals surface area contributed by atoms with Crippen molar-refractivity contribution >= 4 is 22.9 Å². The highest BCUT2D eigenvalue weighted by molar-refractivity contribution is 5.79. The van der Waals surface area contributed by atoms with E-state index in [4.69, 9.17) is 4.74 Å². The van der Waals surface area contributed by atoms with Crippen LogP contribution in [0.15, 0.2) is 48.9 Å². The van der Waals surface area contributed by atoms with Gasteiger partial charge in [0, 0.05) is 36.7 Å². The van der Waals surface area contributed by atoms with Crippen molar-refractivity contribution in [1.29, 1.82) is 0 Å². The highest BCUT2D eigenvalue weighted by Crippen LogP contribution is 2.66. The highest BCUT2D eigenvalue weighted by atomic mass is 19.4. The average molecular weight is 532 g/mol. The minimum atomic E-state index is -4.43. The number of carbonyl (C=O) groups excluding carboxylic acids is 2. The molecular formula is C27H32F3N5O3. The number of alkyl halides is 3. The number of fused-ring (bicyclic) bond motifs is 1. The summed E-state index contributed by atoms with van der Waals surface area (Å²) in [6.45, 7) is 5.23. The molecule has 2 atom stereocenters. The fourth-order valence-electron chi connectivity index (χ4n) is 4.73. The number of amides is 2. The smallest absolute Gasteiger partial charge is 0.407 e. The van der Waals surface area contributed by atoms with Gasteiger partial charge >= 0.3 is 12.3 Å². The second-order valence-electron chi connectivity index (χ2n) is 10.8. The number of rotatable bonds is 9. The van der Waals surface area contributed by atoms with Gasteiger partial charge in [0.2, 0.25) is 5.91 Å². The zero-order valence-corrected chi connectivity index (χ0v) is 21.6. The minimum absolute atomic E-state index is 0.0142. The summed E-state index contributed by atoms with van der Waals surface area (Å²) in [5, 5.41) is 13.3. The van der Waals surface area contributed by atoms with E-state index in [0.29, 0.717) is 12.0 Å². The van der Waals surface area contributed by atoms with Crippen LogP contribution < -0.4 is 10.6 Å². The molecule has 1 saturated carbocycles. The molecule has 2 amide bonds. The topological polar surface area (TPSA) is 109 Å². The van der Waals surface area contributed by atoms with Gasteiger partial charge in [0.1, 0.15) is 5.60 Å². The number of hydrogen-bond acceptors (Lipinski definition) is 5.